The molecule has 0 bridgehead atoms. The van der Waals surface area contributed by atoms with Gasteiger partial charge in [0.05, 0.1) is 27.2 Å². The van der Waals surface area contributed by atoms with Crippen LogP contribution in [0, 0.1) is 0 Å². The summed E-state index contributed by atoms with van der Waals surface area (Å²) in [5.74, 6) is -0.689. The Morgan fingerprint density at radius 3 is 1.96 bits per heavy atom. The van der Waals surface area contributed by atoms with Gasteiger partial charge in [0.15, 0.2) is 0 Å². The second-order valence-electron chi connectivity index (χ2n) is 7.38. The van der Waals surface area contributed by atoms with Crippen LogP contribution in [0.1, 0.15) is 64.7 Å². The highest BCUT2D eigenvalue weighted by Crippen LogP contribution is 2.43. The lowest BCUT2D eigenvalue weighted by Gasteiger charge is -2.30. The van der Waals surface area contributed by atoms with Crippen molar-refractivity contribution in [1.82, 2.24) is 0 Å². The van der Waals surface area contributed by atoms with Crippen LogP contribution in [-0.4, -0.2) is 62.6 Å². The second-order valence-corrected chi connectivity index (χ2v) is 9.44. The molecule has 1 N–H and O–H groups in total. The van der Waals surface area contributed by atoms with Crippen LogP contribution in [0.2, 0.25) is 0 Å². The van der Waals surface area contributed by atoms with Gasteiger partial charge in [-0.15, -0.1) is 0 Å². The van der Waals surface area contributed by atoms with Crippen LogP contribution in [0.5, 0.6) is 0 Å². The normalized spacial score (nSPS) is 14.4. The summed E-state index contributed by atoms with van der Waals surface area (Å²) in [7, 11) is 1.47. The maximum atomic E-state index is 11.9. The van der Waals surface area contributed by atoms with Crippen molar-refractivity contribution in [2.75, 3.05) is 47.1 Å². The summed E-state index contributed by atoms with van der Waals surface area (Å²) in [6.45, 7) is 6.12. The van der Waals surface area contributed by atoms with E-state index >= 15 is 0 Å². The summed E-state index contributed by atoms with van der Waals surface area (Å²) < 4.78 is 23.2. The first-order valence-corrected chi connectivity index (χ1v) is 11.6. The molecule has 0 saturated carbocycles. The summed E-state index contributed by atoms with van der Waals surface area (Å²) in [6.07, 6.45) is 9.36. The standard InChI is InChI=1S/C18H38NO5P/c1-5-23-25(4,22)24-17-16-19(2,3)15-13-11-9-7-6-8-10-12-14-18(20)21/h5-17H2,1-4H3/p+1. The molecule has 0 fully saturated rings. The SMILES string of the molecule is CCOP(C)(=O)OCC[N+](C)(C)CCCCCCCCCCC(=O)O. The second kappa shape index (κ2) is 13.7. The third-order valence-electron chi connectivity index (χ3n) is 4.29. The van der Waals surface area contributed by atoms with E-state index in [2.05, 4.69) is 14.1 Å². The molecule has 0 aliphatic rings. The molecule has 25 heavy (non-hydrogen) atoms. The molecule has 7 heteroatoms. The Bertz CT molecular complexity index is 401. The Morgan fingerprint density at radius 1 is 0.920 bits per heavy atom. The number of carboxylic acids is 1. The maximum Gasteiger partial charge on any atom is 0.327 e. The van der Waals surface area contributed by atoms with Gasteiger partial charge in [-0.25, -0.2) is 0 Å². The quantitative estimate of drug-likeness (QED) is 0.228. The number of hydrogen-bond donors (Lipinski definition) is 1. The van der Waals surface area contributed by atoms with Gasteiger partial charge in [-0.3, -0.25) is 9.36 Å². The third-order valence-corrected chi connectivity index (χ3v) is 5.67. The fraction of sp³-hybridized carbons (Fsp3) is 0.944. The van der Waals surface area contributed by atoms with Crippen LogP contribution < -0.4 is 0 Å². The molecule has 0 heterocycles. The molecule has 0 aromatic carbocycles. The van der Waals surface area contributed by atoms with Gasteiger partial charge in [0.2, 0.25) is 0 Å². The predicted molar refractivity (Wildman–Crippen MR) is 102 cm³/mol. The first kappa shape index (κ1) is 24.6. The Hall–Kier alpha value is -0.420. The van der Waals surface area contributed by atoms with Crippen molar-refractivity contribution in [3.63, 3.8) is 0 Å². The van der Waals surface area contributed by atoms with Crippen LogP contribution in [-0.2, 0) is 18.4 Å². The minimum atomic E-state index is -2.88. The molecule has 0 aromatic rings. The van der Waals surface area contributed by atoms with E-state index in [0.29, 0.717) is 19.6 Å². The van der Waals surface area contributed by atoms with Gasteiger partial charge in [0.25, 0.3) is 0 Å². The molecule has 0 aliphatic heterocycles. The molecule has 0 saturated heterocycles. The molecule has 1 unspecified atom stereocenters. The number of nitrogens with zero attached hydrogens (tertiary/aromatic N) is 1. The monoisotopic (exact) mass is 380 g/mol. The van der Waals surface area contributed by atoms with Gasteiger partial charge in [-0.1, -0.05) is 32.1 Å². The van der Waals surface area contributed by atoms with Gasteiger partial charge in [-0.2, -0.15) is 0 Å². The van der Waals surface area contributed by atoms with Crippen molar-refractivity contribution >= 4 is 13.6 Å². The van der Waals surface area contributed by atoms with E-state index in [4.69, 9.17) is 14.2 Å². The number of aliphatic carboxylic acids is 1. The minimum absolute atomic E-state index is 0.300. The molecular weight excluding hydrogens is 341 g/mol. The van der Waals surface area contributed by atoms with E-state index in [1.165, 1.54) is 38.8 Å². The predicted octanol–water partition coefficient (Wildman–Crippen LogP) is 4.53. The maximum absolute atomic E-state index is 11.9. The zero-order chi connectivity index (χ0) is 19.2. The van der Waals surface area contributed by atoms with Gasteiger partial charge in [-0.05, 0) is 26.2 Å². The van der Waals surface area contributed by atoms with Gasteiger partial charge >= 0.3 is 13.6 Å². The third kappa shape index (κ3) is 16.8. The Kier molecular flexibility index (Phi) is 13.5. The zero-order valence-corrected chi connectivity index (χ0v) is 17.6. The van der Waals surface area contributed by atoms with Crippen molar-refractivity contribution in [2.24, 2.45) is 0 Å². The van der Waals surface area contributed by atoms with E-state index in [0.717, 1.165) is 36.8 Å². The lowest BCUT2D eigenvalue weighted by molar-refractivity contribution is -0.890. The zero-order valence-electron chi connectivity index (χ0n) is 16.7. The number of likely N-dealkylation sites (N-methyl/N-ethyl adjacent to an activating group) is 1. The molecule has 0 aromatic heterocycles. The van der Waals surface area contributed by atoms with Gasteiger partial charge in [0.1, 0.15) is 13.2 Å². The molecule has 0 spiro atoms. The van der Waals surface area contributed by atoms with E-state index in [1.54, 1.807) is 0 Å². The van der Waals surface area contributed by atoms with E-state index in [9.17, 15) is 9.36 Å². The first-order valence-electron chi connectivity index (χ1n) is 9.59. The fourth-order valence-electron chi connectivity index (χ4n) is 2.71. The van der Waals surface area contributed by atoms with E-state index in [-0.39, 0.29) is 0 Å². The van der Waals surface area contributed by atoms with Crippen molar-refractivity contribution in [3.8, 4) is 0 Å². The highest BCUT2D eigenvalue weighted by Gasteiger charge is 2.20. The van der Waals surface area contributed by atoms with Crippen LogP contribution in [0.25, 0.3) is 0 Å². The molecule has 6 nitrogen and oxygen atoms in total. The average Bonchev–Trinajstić information content (AvgIpc) is 2.48. The van der Waals surface area contributed by atoms with E-state index in [1.807, 2.05) is 6.92 Å². The topological polar surface area (TPSA) is 72.8 Å². The highest BCUT2D eigenvalue weighted by atomic mass is 31.2. The van der Waals surface area contributed by atoms with Crippen LogP contribution in [0.4, 0.5) is 0 Å². The summed E-state index contributed by atoms with van der Waals surface area (Å²) >= 11 is 0. The lowest BCUT2D eigenvalue weighted by atomic mass is 10.1. The smallest absolute Gasteiger partial charge is 0.327 e. The average molecular weight is 380 g/mol. The largest absolute Gasteiger partial charge is 0.481 e. The summed E-state index contributed by atoms with van der Waals surface area (Å²) in [5.41, 5.74) is 0. The number of quaternary nitrogens is 1. The van der Waals surface area contributed by atoms with Crippen molar-refractivity contribution in [2.45, 2.75) is 64.7 Å². The number of carbonyl (C=O) groups is 1. The van der Waals surface area contributed by atoms with Gasteiger partial charge in [0, 0.05) is 13.1 Å². The summed E-state index contributed by atoms with van der Waals surface area (Å²) in [5, 5.41) is 8.57. The number of unbranched alkanes of at least 4 members (excludes halogenated alkanes) is 7. The lowest BCUT2D eigenvalue weighted by Crippen LogP contribution is -2.42. The van der Waals surface area contributed by atoms with Gasteiger partial charge < -0.3 is 18.6 Å². The molecule has 0 rings (SSSR count). The first-order chi connectivity index (χ1) is 11.7. The Labute approximate surface area is 154 Å². The number of rotatable bonds is 17. The summed E-state index contributed by atoms with van der Waals surface area (Å²) in [6, 6.07) is 0. The number of carboxylic acid groups (broad SMARTS) is 1. The Morgan fingerprint density at radius 2 is 1.44 bits per heavy atom. The van der Waals surface area contributed by atoms with E-state index < -0.39 is 13.6 Å². The van der Waals surface area contributed by atoms with Crippen molar-refractivity contribution < 1.29 is 28.0 Å². The molecule has 150 valence electrons. The number of hydrogen-bond acceptors (Lipinski definition) is 4. The highest BCUT2D eigenvalue weighted by molar-refractivity contribution is 7.52. The van der Waals surface area contributed by atoms with Crippen LogP contribution >= 0.6 is 7.60 Å². The molecule has 0 amide bonds. The molecule has 1 atom stereocenters. The minimum Gasteiger partial charge on any atom is -0.481 e. The van der Waals surface area contributed by atoms with Crippen LogP contribution in [0.15, 0.2) is 0 Å². The molecule has 0 radical (unpaired) electrons. The van der Waals surface area contributed by atoms with Crippen molar-refractivity contribution in [1.29, 1.82) is 0 Å². The fourth-order valence-corrected chi connectivity index (χ4v) is 3.67. The van der Waals surface area contributed by atoms with Crippen molar-refractivity contribution in [3.05, 3.63) is 0 Å². The summed E-state index contributed by atoms with van der Waals surface area (Å²) in [4.78, 5) is 10.4. The van der Waals surface area contributed by atoms with Crippen LogP contribution in [0.3, 0.4) is 0 Å². The molecule has 0 aliphatic carbocycles. The Balaban J connectivity index is 3.56. The molecular formula is C18H39NO5P+.